The second-order valence-corrected chi connectivity index (χ2v) is 11.7. The summed E-state index contributed by atoms with van der Waals surface area (Å²) in [4.78, 5) is 0.403. The molecule has 0 spiro atoms. The van der Waals surface area contributed by atoms with Gasteiger partial charge in [0.2, 0.25) is 0 Å². The Kier molecular flexibility index (Phi) is 9.20. The van der Waals surface area contributed by atoms with Gasteiger partial charge in [0.05, 0.1) is 11.8 Å². The number of fused-ring (bicyclic) bond motifs is 1. The molecule has 12 heteroatoms. The van der Waals surface area contributed by atoms with Crippen LogP contribution in [0.25, 0.3) is 10.1 Å². The van der Waals surface area contributed by atoms with Crippen LogP contribution in [0.1, 0.15) is 59.9 Å². The highest BCUT2D eigenvalue weighted by Crippen LogP contribution is 2.46. The first-order chi connectivity index (χ1) is 20.9. The lowest BCUT2D eigenvalue weighted by molar-refractivity contribution is -0.180. The predicted octanol–water partition coefficient (Wildman–Crippen LogP) is 10.5. The van der Waals surface area contributed by atoms with E-state index >= 15 is 4.39 Å². The highest BCUT2D eigenvalue weighted by molar-refractivity contribution is 7.19. The summed E-state index contributed by atoms with van der Waals surface area (Å²) >= 11 is 1.14. The lowest BCUT2D eigenvalue weighted by atomic mass is 9.78. The normalized spacial score (nSPS) is 17.2. The molecule has 0 N–H and O–H groups in total. The van der Waals surface area contributed by atoms with E-state index in [-0.39, 0.29) is 41.7 Å². The Labute approximate surface area is 250 Å². The van der Waals surface area contributed by atoms with Crippen LogP contribution in [0.5, 0.6) is 11.5 Å². The number of benzene rings is 3. The second kappa shape index (κ2) is 12.7. The van der Waals surface area contributed by atoms with Gasteiger partial charge in [0.1, 0.15) is 41.4 Å². The van der Waals surface area contributed by atoms with Crippen LogP contribution in [0.2, 0.25) is 0 Å². The molecular formula is C32H25F9O2S. The Balaban J connectivity index is 1.23. The van der Waals surface area contributed by atoms with E-state index < -0.39 is 71.0 Å². The first kappa shape index (κ1) is 31.7. The fourth-order valence-electron chi connectivity index (χ4n) is 5.51. The molecule has 1 fully saturated rings. The summed E-state index contributed by atoms with van der Waals surface area (Å²) in [5, 5.41) is -0.106. The van der Waals surface area contributed by atoms with Gasteiger partial charge in [-0.1, -0.05) is 12.7 Å². The first-order valence-electron chi connectivity index (χ1n) is 13.7. The highest BCUT2D eigenvalue weighted by Gasteiger charge is 2.34. The van der Waals surface area contributed by atoms with Gasteiger partial charge in [-0.2, -0.15) is 8.78 Å². The highest BCUT2D eigenvalue weighted by atomic mass is 32.1. The minimum absolute atomic E-state index is 0.106. The van der Waals surface area contributed by atoms with Gasteiger partial charge in [-0.15, -0.1) is 11.3 Å². The Hall–Kier alpha value is -3.67. The van der Waals surface area contributed by atoms with Crippen molar-refractivity contribution in [2.75, 3.05) is 6.61 Å². The third-order valence-electron chi connectivity index (χ3n) is 7.67. The molecule has 0 amide bonds. The van der Waals surface area contributed by atoms with Gasteiger partial charge in [0, 0.05) is 33.3 Å². The predicted molar refractivity (Wildman–Crippen MR) is 148 cm³/mol. The number of ether oxygens (including phenoxy) is 2. The smallest absolute Gasteiger partial charge is 0.398 e. The number of hydrogen-bond donors (Lipinski definition) is 0. The standard InChI is InChI=1S/C32H25F9O2S/c1-2-9-42-19-12-24(35)28-27(15-19)44-31(30(28)39)17-5-3-16(4-6-17)18-10-22(33)21(23(34)11-18)7-8-32(40,41)43-20-13-25(36)29(38)26(37)14-20/h2,10-17H,1,3-9H2. The summed E-state index contributed by atoms with van der Waals surface area (Å²) < 4.78 is 138. The number of halogens is 9. The average molecular weight is 645 g/mol. The Morgan fingerprint density at radius 1 is 0.750 bits per heavy atom. The summed E-state index contributed by atoms with van der Waals surface area (Å²) in [5.41, 5.74) is -0.290. The third-order valence-corrected chi connectivity index (χ3v) is 8.95. The SMILES string of the molecule is C=CCOc1cc(F)c2c(F)c(C3CCC(c4cc(F)c(CCC(F)(F)Oc5cc(F)c(F)c(F)c5)c(F)c4)CC3)sc2c1. The molecule has 44 heavy (non-hydrogen) atoms. The molecule has 3 aromatic carbocycles. The zero-order chi connectivity index (χ0) is 31.8. The van der Waals surface area contributed by atoms with Crippen LogP contribution in [0.15, 0.2) is 49.1 Å². The quantitative estimate of drug-likeness (QED) is 0.0972. The lowest BCUT2D eigenvalue weighted by Gasteiger charge is -2.28. The maximum Gasteiger partial charge on any atom is 0.398 e. The van der Waals surface area contributed by atoms with Gasteiger partial charge < -0.3 is 9.47 Å². The monoisotopic (exact) mass is 644 g/mol. The largest absolute Gasteiger partial charge is 0.489 e. The Bertz CT molecular complexity index is 1650. The van der Waals surface area contributed by atoms with Crippen LogP contribution in [0.3, 0.4) is 0 Å². The molecule has 0 atom stereocenters. The fraction of sp³-hybridized carbons (Fsp3) is 0.312. The molecule has 1 aromatic heterocycles. The minimum atomic E-state index is -4.07. The molecule has 0 saturated heterocycles. The van der Waals surface area contributed by atoms with Crippen LogP contribution in [-0.2, 0) is 6.42 Å². The number of thiophene rings is 1. The van der Waals surface area contributed by atoms with Gasteiger partial charge in [-0.3, -0.25) is 0 Å². The van der Waals surface area contributed by atoms with Gasteiger partial charge in [-0.05, 0) is 67.7 Å². The number of rotatable bonds is 10. The van der Waals surface area contributed by atoms with E-state index in [0.717, 1.165) is 29.5 Å². The molecule has 0 unspecified atom stereocenters. The summed E-state index contributed by atoms with van der Waals surface area (Å²) in [6.07, 6.45) is -2.71. The van der Waals surface area contributed by atoms with Crippen molar-refractivity contribution in [3.63, 3.8) is 0 Å². The Morgan fingerprint density at radius 3 is 1.95 bits per heavy atom. The van der Waals surface area contributed by atoms with Crippen LogP contribution in [0.4, 0.5) is 39.5 Å². The molecule has 0 bridgehead atoms. The van der Waals surface area contributed by atoms with Crippen molar-refractivity contribution in [2.45, 2.75) is 56.5 Å². The van der Waals surface area contributed by atoms with Crippen molar-refractivity contribution < 1.29 is 49.0 Å². The van der Waals surface area contributed by atoms with Gasteiger partial charge in [0.15, 0.2) is 17.5 Å². The fourth-order valence-corrected chi connectivity index (χ4v) is 6.81. The molecule has 5 rings (SSSR count). The molecule has 2 nitrogen and oxygen atoms in total. The summed E-state index contributed by atoms with van der Waals surface area (Å²) in [6.45, 7) is 3.71. The zero-order valence-corrected chi connectivity index (χ0v) is 23.8. The van der Waals surface area contributed by atoms with Crippen LogP contribution in [0, 0.1) is 40.7 Å². The molecule has 4 aromatic rings. The average Bonchev–Trinajstić information content (AvgIpc) is 3.30. The molecule has 0 aliphatic heterocycles. The molecular weight excluding hydrogens is 619 g/mol. The maximum absolute atomic E-state index is 15.3. The Morgan fingerprint density at radius 2 is 1.34 bits per heavy atom. The minimum Gasteiger partial charge on any atom is -0.489 e. The van der Waals surface area contributed by atoms with Crippen LogP contribution < -0.4 is 9.47 Å². The van der Waals surface area contributed by atoms with Crippen LogP contribution >= 0.6 is 11.3 Å². The van der Waals surface area contributed by atoms with E-state index in [1.165, 1.54) is 6.08 Å². The van der Waals surface area contributed by atoms with E-state index in [9.17, 15) is 35.1 Å². The second-order valence-electron chi connectivity index (χ2n) is 10.6. The molecule has 0 radical (unpaired) electrons. The maximum atomic E-state index is 15.3. The van der Waals surface area contributed by atoms with E-state index in [2.05, 4.69) is 11.3 Å². The lowest BCUT2D eigenvalue weighted by Crippen LogP contribution is -2.26. The molecule has 1 heterocycles. The van der Waals surface area contributed by atoms with Gasteiger partial charge in [-0.25, -0.2) is 30.7 Å². The van der Waals surface area contributed by atoms with Gasteiger partial charge >= 0.3 is 6.11 Å². The van der Waals surface area contributed by atoms with Crippen molar-refractivity contribution in [2.24, 2.45) is 0 Å². The topological polar surface area (TPSA) is 18.5 Å². The van der Waals surface area contributed by atoms with E-state index in [4.69, 9.17) is 4.74 Å². The van der Waals surface area contributed by atoms with Crippen LogP contribution in [-0.4, -0.2) is 12.7 Å². The van der Waals surface area contributed by atoms with Crippen molar-refractivity contribution in [1.82, 2.24) is 0 Å². The number of alkyl halides is 2. The third kappa shape index (κ3) is 6.69. The van der Waals surface area contributed by atoms with Gasteiger partial charge in [0.25, 0.3) is 0 Å². The molecule has 1 aliphatic rings. The number of hydrogen-bond acceptors (Lipinski definition) is 3. The van der Waals surface area contributed by atoms with Crippen molar-refractivity contribution in [1.29, 1.82) is 0 Å². The van der Waals surface area contributed by atoms with E-state index in [0.29, 0.717) is 40.8 Å². The molecule has 1 aliphatic carbocycles. The van der Waals surface area contributed by atoms with Crippen molar-refractivity contribution >= 4 is 21.4 Å². The summed E-state index contributed by atoms with van der Waals surface area (Å²) in [7, 11) is 0. The van der Waals surface area contributed by atoms with Crippen molar-refractivity contribution in [3.05, 3.63) is 106 Å². The summed E-state index contributed by atoms with van der Waals surface area (Å²) in [6, 6.07) is 5.32. The first-order valence-corrected chi connectivity index (χ1v) is 14.5. The van der Waals surface area contributed by atoms with E-state index in [1.807, 2.05) is 0 Å². The zero-order valence-electron chi connectivity index (χ0n) is 23.0. The molecule has 234 valence electrons. The summed E-state index contributed by atoms with van der Waals surface area (Å²) in [5.74, 6) is -9.99. The van der Waals surface area contributed by atoms with E-state index in [1.54, 1.807) is 6.07 Å². The van der Waals surface area contributed by atoms with Crippen molar-refractivity contribution in [3.8, 4) is 11.5 Å². The molecule has 1 saturated carbocycles.